The SMILES string of the molecule is CCCCn1c(N2CCN(c3ccccc3)CC2)c(/C=C2\SC(=S)N(Cc3ccc(F)cc3)C2=O)c(C)c(C#N)c1=O. The van der Waals surface area contributed by atoms with Gasteiger partial charge in [-0.1, -0.05) is 67.7 Å². The van der Waals surface area contributed by atoms with Gasteiger partial charge in [0.15, 0.2) is 0 Å². The number of amides is 1. The van der Waals surface area contributed by atoms with E-state index in [0.717, 1.165) is 43.0 Å². The van der Waals surface area contributed by atoms with Gasteiger partial charge in [-0.2, -0.15) is 5.26 Å². The quantitative estimate of drug-likeness (QED) is 0.243. The van der Waals surface area contributed by atoms with Crippen LogP contribution in [0.5, 0.6) is 0 Å². The summed E-state index contributed by atoms with van der Waals surface area (Å²) in [7, 11) is 0. The van der Waals surface area contributed by atoms with Crippen molar-refractivity contribution in [2.24, 2.45) is 0 Å². The largest absolute Gasteiger partial charge is 0.368 e. The molecule has 0 radical (unpaired) electrons. The highest BCUT2D eigenvalue weighted by molar-refractivity contribution is 8.26. The molecule has 10 heteroatoms. The number of rotatable bonds is 8. The highest BCUT2D eigenvalue weighted by Crippen LogP contribution is 2.37. The Labute approximate surface area is 254 Å². The number of halogens is 1. The summed E-state index contributed by atoms with van der Waals surface area (Å²) < 4.78 is 15.6. The van der Waals surface area contributed by atoms with E-state index in [4.69, 9.17) is 12.2 Å². The fourth-order valence-electron chi connectivity index (χ4n) is 5.36. The molecule has 0 N–H and O–H groups in total. The van der Waals surface area contributed by atoms with E-state index in [-0.39, 0.29) is 29.4 Å². The fraction of sp³-hybridized carbons (Fsp3) is 0.312. The molecule has 0 atom stereocenters. The molecule has 3 heterocycles. The molecule has 0 bridgehead atoms. The third-order valence-corrected chi connectivity index (χ3v) is 9.06. The number of hydrogen-bond donors (Lipinski definition) is 0. The molecule has 2 aliphatic heterocycles. The van der Waals surface area contributed by atoms with Crippen molar-refractivity contribution < 1.29 is 9.18 Å². The standard InChI is InChI=1S/C32H32FN5O2S2/c1-3-4-14-37-29(36-17-15-35(16-18-36)25-8-6-5-7-9-25)26(22(2)27(20-34)30(37)39)19-28-31(40)38(32(41)42-28)21-23-10-12-24(33)13-11-23/h5-13,19H,3-4,14-18,21H2,1-2H3/b28-19-. The van der Waals surface area contributed by atoms with E-state index < -0.39 is 0 Å². The van der Waals surface area contributed by atoms with Gasteiger partial charge >= 0.3 is 0 Å². The Hall–Kier alpha value is -3.94. The summed E-state index contributed by atoms with van der Waals surface area (Å²) in [6, 6.07) is 18.4. The van der Waals surface area contributed by atoms with E-state index in [2.05, 4.69) is 34.9 Å². The second-order valence-corrected chi connectivity index (χ2v) is 12.0. The smallest absolute Gasteiger partial charge is 0.270 e. The molecule has 1 amide bonds. The lowest BCUT2D eigenvalue weighted by atomic mass is 10.0. The number of nitrogens with zero attached hydrogens (tertiary/aromatic N) is 5. The Morgan fingerprint density at radius 3 is 2.33 bits per heavy atom. The van der Waals surface area contributed by atoms with Crippen LogP contribution < -0.4 is 15.4 Å². The fourth-order valence-corrected chi connectivity index (χ4v) is 6.60. The number of nitriles is 1. The van der Waals surface area contributed by atoms with Crippen molar-refractivity contribution in [2.45, 2.75) is 39.8 Å². The molecule has 0 aliphatic carbocycles. The van der Waals surface area contributed by atoms with Crippen molar-refractivity contribution in [3.63, 3.8) is 0 Å². The van der Waals surface area contributed by atoms with Crippen LogP contribution in [0.4, 0.5) is 15.9 Å². The molecule has 1 aromatic heterocycles. The van der Waals surface area contributed by atoms with Gasteiger partial charge in [-0.25, -0.2) is 4.39 Å². The van der Waals surface area contributed by atoms with Crippen LogP contribution in [0.2, 0.25) is 0 Å². The van der Waals surface area contributed by atoms with Gasteiger partial charge in [-0.05, 0) is 54.8 Å². The highest BCUT2D eigenvalue weighted by atomic mass is 32.2. The summed E-state index contributed by atoms with van der Waals surface area (Å²) in [5.74, 6) is 0.142. The number of hydrogen-bond acceptors (Lipinski definition) is 7. The maximum absolute atomic E-state index is 13.6. The number of piperazine rings is 1. The first-order valence-corrected chi connectivity index (χ1v) is 15.3. The molecule has 5 rings (SSSR count). The zero-order chi connectivity index (χ0) is 29.8. The molecule has 0 saturated carbocycles. The molecule has 7 nitrogen and oxygen atoms in total. The third-order valence-electron chi connectivity index (χ3n) is 7.69. The van der Waals surface area contributed by atoms with Crippen molar-refractivity contribution in [3.05, 3.63) is 97.9 Å². The minimum Gasteiger partial charge on any atom is -0.368 e. The van der Waals surface area contributed by atoms with Gasteiger partial charge in [-0.15, -0.1) is 0 Å². The van der Waals surface area contributed by atoms with Crippen molar-refractivity contribution in [1.82, 2.24) is 9.47 Å². The first-order valence-electron chi connectivity index (χ1n) is 14.0. The highest BCUT2D eigenvalue weighted by Gasteiger charge is 2.34. The number of thiocarbonyl (C=S) groups is 1. The molecule has 0 spiro atoms. The van der Waals surface area contributed by atoms with Crippen LogP contribution in [-0.2, 0) is 17.9 Å². The van der Waals surface area contributed by atoms with Crippen LogP contribution in [-0.4, -0.2) is 45.9 Å². The first kappa shape index (κ1) is 29.5. The summed E-state index contributed by atoms with van der Waals surface area (Å²) in [6.07, 6.45) is 3.46. The number of carbonyl (C=O) groups is 1. The van der Waals surface area contributed by atoms with Crippen molar-refractivity contribution in [1.29, 1.82) is 5.26 Å². The van der Waals surface area contributed by atoms with Gasteiger partial charge in [-0.3, -0.25) is 19.1 Å². The van der Waals surface area contributed by atoms with Crippen molar-refractivity contribution in [3.8, 4) is 6.07 Å². The average Bonchev–Trinajstić information content (AvgIpc) is 3.27. The second-order valence-electron chi connectivity index (χ2n) is 10.4. The Balaban J connectivity index is 1.54. The number of benzene rings is 2. The molecule has 2 fully saturated rings. The van der Waals surface area contributed by atoms with Gasteiger partial charge in [0.05, 0.1) is 11.4 Å². The normalized spacial score (nSPS) is 16.4. The summed E-state index contributed by atoms with van der Waals surface area (Å²) in [6.45, 7) is 7.44. The van der Waals surface area contributed by atoms with Crippen molar-refractivity contribution in [2.75, 3.05) is 36.0 Å². The summed E-state index contributed by atoms with van der Waals surface area (Å²) in [5, 5.41) is 9.98. The van der Waals surface area contributed by atoms with E-state index >= 15 is 0 Å². The second kappa shape index (κ2) is 12.9. The Bertz CT molecular complexity index is 1620. The van der Waals surface area contributed by atoms with Gasteiger partial charge in [0, 0.05) is 44.0 Å². The molecule has 42 heavy (non-hydrogen) atoms. The van der Waals surface area contributed by atoms with Gasteiger partial charge < -0.3 is 9.80 Å². The molecule has 216 valence electrons. The molecular formula is C32H32FN5O2S2. The monoisotopic (exact) mass is 601 g/mol. The zero-order valence-electron chi connectivity index (χ0n) is 23.7. The molecule has 3 aromatic rings. The minimum absolute atomic E-state index is 0.0887. The number of anilines is 2. The number of unbranched alkanes of at least 4 members (excludes halogenated alkanes) is 1. The average molecular weight is 602 g/mol. The first-order chi connectivity index (χ1) is 20.3. The van der Waals surface area contributed by atoms with Crippen LogP contribution in [0.1, 0.15) is 42.0 Å². The third kappa shape index (κ3) is 5.98. The maximum Gasteiger partial charge on any atom is 0.270 e. The summed E-state index contributed by atoms with van der Waals surface area (Å²) in [5.41, 5.74) is 2.96. The van der Waals surface area contributed by atoms with Gasteiger partial charge in [0.25, 0.3) is 11.5 Å². The predicted molar refractivity (Wildman–Crippen MR) is 171 cm³/mol. The van der Waals surface area contributed by atoms with E-state index in [9.17, 15) is 19.2 Å². The summed E-state index contributed by atoms with van der Waals surface area (Å²) in [4.78, 5) is 33.7. The number of carbonyl (C=O) groups excluding carboxylic acids is 1. The van der Waals surface area contributed by atoms with Gasteiger partial charge in [0.1, 0.15) is 27.6 Å². The lowest BCUT2D eigenvalue weighted by molar-refractivity contribution is -0.122. The summed E-state index contributed by atoms with van der Waals surface area (Å²) >= 11 is 6.77. The molecule has 0 unspecified atom stereocenters. The van der Waals surface area contributed by atoms with E-state index in [0.29, 0.717) is 40.0 Å². The van der Waals surface area contributed by atoms with Gasteiger partial charge in [0.2, 0.25) is 0 Å². The van der Waals surface area contributed by atoms with Crippen LogP contribution in [0, 0.1) is 24.1 Å². The topological polar surface area (TPSA) is 72.6 Å². The van der Waals surface area contributed by atoms with Crippen LogP contribution in [0.3, 0.4) is 0 Å². The van der Waals surface area contributed by atoms with Crippen molar-refractivity contribution >= 4 is 51.8 Å². The molecule has 2 saturated heterocycles. The van der Waals surface area contributed by atoms with Crippen LogP contribution >= 0.6 is 24.0 Å². The van der Waals surface area contributed by atoms with E-state index in [1.54, 1.807) is 29.7 Å². The number of pyridine rings is 1. The number of thioether (sulfide) groups is 1. The number of aromatic nitrogens is 1. The predicted octanol–water partition coefficient (Wildman–Crippen LogP) is 5.70. The Kier molecular flexibility index (Phi) is 9.09. The van der Waals surface area contributed by atoms with E-state index in [1.165, 1.54) is 28.8 Å². The van der Waals surface area contributed by atoms with Crippen LogP contribution in [0.15, 0.2) is 64.3 Å². The Morgan fingerprint density at radius 2 is 1.69 bits per heavy atom. The molecule has 2 aromatic carbocycles. The maximum atomic E-state index is 13.6. The Morgan fingerprint density at radius 1 is 1.02 bits per heavy atom. The number of para-hydroxylation sites is 1. The van der Waals surface area contributed by atoms with Crippen LogP contribution in [0.25, 0.3) is 6.08 Å². The molecular weight excluding hydrogens is 570 g/mol. The zero-order valence-corrected chi connectivity index (χ0v) is 25.3. The lowest BCUT2D eigenvalue weighted by Crippen LogP contribution is -2.48. The lowest BCUT2D eigenvalue weighted by Gasteiger charge is -2.39. The molecule has 2 aliphatic rings. The van der Waals surface area contributed by atoms with E-state index in [1.807, 2.05) is 18.2 Å². The minimum atomic E-state index is -0.344.